The summed E-state index contributed by atoms with van der Waals surface area (Å²) in [6.07, 6.45) is 3.57. The Morgan fingerprint density at radius 3 is 2.83 bits per heavy atom. The maximum atomic E-state index is 12.0. The Bertz CT molecular complexity index is 392. The van der Waals surface area contributed by atoms with Crippen LogP contribution in [-0.2, 0) is 11.3 Å². The van der Waals surface area contributed by atoms with Crippen LogP contribution in [0.2, 0.25) is 4.34 Å². The molecule has 0 saturated heterocycles. The molecule has 1 N–H and O–H groups in total. The van der Waals surface area contributed by atoms with Gasteiger partial charge in [0, 0.05) is 24.4 Å². The lowest BCUT2D eigenvalue weighted by molar-refractivity contribution is -0.131. The number of thiophene rings is 1. The van der Waals surface area contributed by atoms with E-state index in [1.807, 2.05) is 12.1 Å². The van der Waals surface area contributed by atoms with Crippen LogP contribution in [0, 0.1) is 0 Å². The van der Waals surface area contributed by atoms with Gasteiger partial charge in [0.15, 0.2) is 0 Å². The molecule has 0 bridgehead atoms. The van der Waals surface area contributed by atoms with Gasteiger partial charge < -0.3 is 10.0 Å². The predicted octanol–water partition coefficient (Wildman–Crippen LogP) is 3.08. The molecule has 1 aromatic heterocycles. The predicted molar refractivity (Wildman–Crippen MR) is 75.9 cm³/mol. The quantitative estimate of drug-likeness (QED) is 0.590. The summed E-state index contributed by atoms with van der Waals surface area (Å²) in [7, 11) is 0. The molecule has 1 aromatic rings. The van der Waals surface area contributed by atoms with Crippen LogP contribution in [0.3, 0.4) is 0 Å². The highest BCUT2D eigenvalue weighted by Gasteiger charge is 2.13. The van der Waals surface area contributed by atoms with E-state index in [0.29, 0.717) is 32.4 Å². The van der Waals surface area contributed by atoms with Crippen molar-refractivity contribution in [2.75, 3.05) is 13.2 Å². The van der Waals surface area contributed by atoms with E-state index in [1.54, 1.807) is 11.0 Å². The molecule has 0 aliphatic heterocycles. The Balaban J connectivity index is 2.52. The molecule has 3 nitrogen and oxygen atoms in total. The van der Waals surface area contributed by atoms with Gasteiger partial charge in [-0.25, -0.2) is 0 Å². The number of hydrogen-bond donors (Lipinski definition) is 1. The lowest BCUT2D eigenvalue weighted by Crippen LogP contribution is -2.30. The molecule has 1 heterocycles. The summed E-state index contributed by atoms with van der Waals surface area (Å²) in [5.41, 5.74) is 0. The van der Waals surface area contributed by atoms with Gasteiger partial charge in [0.25, 0.3) is 0 Å². The SMILES string of the molecule is C=CCN(Cc1ccc(Cl)s1)C(=O)CCCCO. The van der Waals surface area contributed by atoms with Crippen LogP contribution in [0.15, 0.2) is 24.8 Å². The Kier molecular flexibility index (Phi) is 7.01. The molecule has 0 aliphatic carbocycles. The lowest BCUT2D eigenvalue weighted by Gasteiger charge is -2.20. The summed E-state index contributed by atoms with van der Waals surface area (Å²) in [6.45, 7) is 4.91. The average molecular weight is 288 g/mol. The number of halogens is 1. The fourth-order valence-corrected chi connectivity index (χ4v) is 2.68. The Morgan fingerprint density at radius 2 is 2.28 bits per heavy atom. The van der Waals surface area contributed by atoms with Crippen LogP contribution < -0.4 is 0 Å². The first-order valence-corrected chi connectivity index (χ1v) is 7.10. The summed E-state index contributed by atoms with van der Waals surface area (Å²) in [5, 5.41) is 8.71. The zero-order chi connectivity index (χ0) is 13.4. The minimum Gasteiger partial charge on any atom is -0.396 e. The monoisotopic (exact) mass is 287 g/mol. The van der Waals surface area contributed by atoms with Gasteiger partial charge in [0.1, 0.15) is 0 Å². The zero-order valence-corrected chi connectivity index (χ0v) is 11.8. The first-order chi connectivity index (χ1) is 8.67. The minimum absolute atomic E-state index is 0.0906. The van der Waals surface area contributed by atoms with Crippen LogP contribution in [-0.4, -0.2) is 29.1 Å². The van der Waals surface area contributed by atoms with E-state index in [4.69, 9.17) is 16.7 Å². The highest BCUT2D eigenvalue weighted by Crippen LogP contribution is 2.23. The Morgan fingerprint density at radius 1 is 1.50 bits per heavy atom. The van der Waals surface area contributed by atoms with E-state index in [1.165, 1.54) is 11.3 Å². The van der Waals surface area contributed by atoms with Crippen molar-refractivity contribution in [2.24, 2.45) is 0 Å². The van der Waals surface area contributed by atoms with Crippen molar-refractivity contribution in [2.45, 2.75) is 25.8 Å². The fraction of sp³-hybridized carbons (Fsp3) is 0.462. The minimum atomic E-state index is 0.0906. The molecule has 0 fully saturated rings. The topological polar surface area (TPSA) is 40.5 Å². The summed E-state index contributed by atoms with van der Waals surface area (Å²) in [5.74, 6) is 0.0906. The van der Waals surface area contributed by atoms with Crippen molar-refractivity contribution < 1.29 is 9.90 Å². The molecule has 0 spiro atoms. The third-order valence-corrected chi connectivity index (χ3v) is 3.69. The Labute approximate surface area is 117 Å². The summed E-state index contributed by atoms with van der Waals surface area (Å²) in [6, 6.07) is 3.77. The standard InChI is InChI=1S/C13H18ClNO2S/c1-2-8-15(13(17)5-3-4-9-16)10-11-6-7-12(14)18-11/h2,6-7,16H,1,3-5,8-10H2. The van der Waals surface area contributed by atoms with Crippen LogP contribution >= 0.6 is 22.9 Å². The fourth-order valence-electron chi connectivity index (χ4n) is 1.58. The van der Waals surface area contributed by atoms with Crippen LogP contribution in [0.5, 0.6) is 0 Å². The highest BCUT2D eigenvalue weighted by molar-refractivity contribution is 7.16. The van der Waals surface area contributed by atoms with E-state index >= 15 is 0 Å². The first kappa shape index (κ1) is 15.2. The van der Waals surface area contributed by atoms with Gasteiger partial charge in [0.05, 0.1) is 10.9 Å². The summed E-state index contributed by atoms with van der Waals surface area (Å²) in [4.78, 5) is 14.8. The molecule has 0 aromatic carbocycles. The molecular formula is C13H18ClNO2S. The number of aliphatic hydroxyl groups excluding tert-OH is 1. The lowest BCUT2D eigenvalue weighted by atomic mass is 10.2. The molecule has 1 amide bonds. The molecule has 0 aliphatic rings. The van der Waals surface area contributed by atoms with E-state index in [9.17, 15) is 4.79 Å². The highest BCUT2D eigenvalue weighted by atomic mass is 35.5. The van der Waals surface area contributed by atoms with Crippen LogP contribution in [0.25, 0.3) is 0 Å². The smallest absolute Gasteiger partial charge is 0.223 e. The van der Waals surface area contributed by atoms with Gasteiger partial charge in [-0.05, 0) is 25.0 Å². The van der Waals surface area contributed by atoms with Crippen molar-refractivity contribution in [3.8, 4) is 0 Å². The van der Waals surface area contributed by atoms with Gasteiger partial charge in [-0.2, -0.15) is 0 Å². The molecule has 0 radical (unpaired) electrons. The number of carbonyl (C=O) groups is 1. The van der Waals surface area contributed by atoms with Crippen molar-refractivity contribution >= 4 is 28.8 Å². The van der Waals surface area contributed by atoms with Crippen LogP contribution in [0.4, 0.5) is 0 Å². The molecule has 0 atom stereocenters. The second-order valence-corrected chi connectivity index (χ2v) is 5.75. The summed E-state index contributed by atoms with van der Waals surface area (Å²) < 4.78 is 0.733. The van der Waals surface area contributed by atoms with Gasteiger partial charge in [0.2, 0.25) is 5.91 Å². The molecular weight excluding hydrogens is 270 g/mol. The number of hydrogen-bond acceptors (Lipinski definition) is 3. The zero-order valence-electron chi connectivity index (χ0n) is 10.3. The second kappa shape index (κ2) is 8.29. The number of aliphatic hydroxyl groups is 1. The molecule has 0 unspecified atom stereocenters. The van der Waals surface area contributed by atoms with Crippen LogP contribution in [0.1, 0.15) is 24.1 Å². The second-order valence-electron chi connectivity index (χ2n) is 3.95. The number of amides is 1. The molecule has 0 saturated carbocycles. The number of carbonyl (C=O) groups excluding carboxylic acids is 1. The third kappa shape index (κ3) is 5.21. The van der Waals surface area contributed by atoms with E-state index in [2.05, 4.69) is 6.58 Å². The van der Waals surface area contributed by atoms with Gasteiger partial charge in [-0.15, -0.1) is 17.9 Å². The number of nitrogens with zero attached hydrogens (tertiary/aromatic N) is 1. The normalized spacial score (nSPS) is 10.3. The van der Waals surface area contributed by atoms with Gasteiger partial charge in [-0.3, -0.25) is 4.79 Å². The third-order valence-electron chi connectivity index (χ3n) is 2.48. The van der Waals surface area contributed by atoms with Crippen molar-refractivity contribution in [3.05, 3.63) is 34.0 Å². The van der Waals surface area contributed by atoms with E-state index < -0.39 is 0 Å². The number of unbranched alkanes of at least 4 members (excludes halogenated alkanes) is 1. The first-order valence-electron chi connectivity index (χ1n) is 5.91. The largest absolute Gasteiger partial charge is 0.396 e. The van der Waals surface area contributed by atoms with Crippen molar-refractivity contribution in [3.63, 3.8) is 0 Å². The van der Waals surface area contributed by atoms with E-state index in [-0.39, 0.29) is 12.5 Å². The maximum absolute atomic E-state index is 12.0. The summed E-state index contributed by atoms with van der Waals surface area (Å²) >= 11 is 7.35. The van der Waals surface area contributed by atoms with Crippen molar-refractivity contribution in [1.82, 2.24) is 4.90 Å². The molecule has 100 valence electrons. The molecule has 1 rings (SSSR count). The maximum Gasteiger partial charge on any atom is 0.223 e. The van der Waals surface area contributed by atoms with Gasteiger partial charge in [-0.1, -0.05) is 17.7 Å². The van der Waals surface area contributed by atoms with Gasteiger partial charge >= 0.3 is 0 Å². The van der Waals surface area contributed by atoms with E-state index in [0.717, 1.165) is 9.21 Å². The van der Waals surface area contributed by atoms with Crippen molar-refractivity contribution in [1.29, 1.82) is 0 Å². The average Bonchev–Trinajstić information content (AvgIpc) is 2.74. The number of rotatable bonds is 8. The molecule has 5 heteroatoms. The Hall–Kier alpha value is -0.840. The molecule has 18 heavy (non-hydrogen) atoms.